The molecule has 0 saturated heterocycles. The van der Waals surface area contributed by atoms with Crippen molar-refractivity contribution in [3.63, 3.8) is 0 Å². The number of rotatable bonds is 8. The van der Waals surface area contributed by atoms with Crippen LogP contribution in [0.2, 0.25) is 0 Å². The van der Waals surface area contributed by atoms with Crippen molar-refractivity contribution < 1.29 is 14.6 Å². The SMILES string of the molecule is COCC(C)(CCO)NCc1ccc(C(N)=O)cc1. The van der Waals surface area contributed by atoms with E-state index in [0.29, 0.717) is 25.1 Å². The maximum atomic E-state index is 11.0. The first kappa shape index (κ1) is 15.6. The molecule has 0 spiro atoms. The number of benzene rings is 1. The number of carbonyl (C=O) groups is 1. The number of nitrogens with one attached hydrogen (secondary N) is 1. The Kier molecular flexibility index (Phi) is 5.95. The van der Waals surface area contributed by atoms with E-state index in [0.717, 1.165) is 5.56 Å². The lowest BCUT2D eigenvalue weighted by atomic mass is 9.99. The van der Waals surface area contributed by atoms with E-state index < -0.39 is 5.91 Å². The molecule has 1 rings (SSSR count). The summed E-state index contributed by atoms with van der Waals surface area (Å²) in [5, 5.41) is 12.4. The first-order chi connectivity index (χ1) is 9.00. The third-order valence-electron chi connectivity index (χ3n) is 3.08. The molecule has 4 N–H and O–H groups in total. The summed E-state index contributed by atoms with van der Waals surface area (Å²) in [7, 11) is 1.64. The van der Waals surface area contributed by atoms with Gasteiger partial charge in [0.2, 0.25) is 5.91 Å². The summed E-state index contributed by atoms with van der Waals surface area (Å²) in [5.41, 5.74) is 6.46. The Bertz CT molecular complexity index is 398. The van der Waals surface area contributed by atoms with Gasteiger partial charge in [-0.2, -0.15) is 0 Å². The number of ether oxygens (including phenoxy) is 1. The molecule has 0 aliphatic carbocycles. The number of hydrogen-bond acceptors (Lipinski definition) is 4. The molecule has 19 heavy (non-hydrogen) atoms. The molecule has 0 fully saturated rings. The smallest absolute Gasteiger partial charge is 0.248 e. The summed E-state index contributed by atoms with van der Waals surface area (Å²) >= 11 is 0. The van der Waals surface area contributed by atoms with Gasteiger partial charge < -0.3 is 20.9 Å². The van der Waals surface area contributed by atoms with Crippen molar-refractivity contribution in [2.45, 2.75) is 25.4 Å². The van der Waals surface area contributed by atoms with E-state index in [1.165, 1.54) is 0 Å². The highest BCUT2D eigenvalue weighted by molar-refractivity contribution is 5.92. The van der Waals surface area contributed by atoms with Crippen LogP contribution in [0.25, 0.3) is 0 Å². The zero-order valence-electron chi connectivity index (χ0n) is 11.5. The van der Waals surface area contributed by atoms with Crippen LogP contribution >= 0.6 is 0 Å². The number of nitrogens with two attached hydrogens (primary N) is 1. The van der Waals surface area contributed by atoms with Crippen LogP contribution in [0.15, 0.2) is 24.3 Å². The molecule has 1 aromatic carbocycles. The fraction of sp³-hybridized carbons (Fsp3) is 0.500. The van der Waals surface area contributed by atoms with Gasteiger partial charge in [-0.15, -0.1) is 0 Å². The second kappa shape index (κ2) is 7.23. The van der Waals surface area contributed by atoms with Crippen LogP contribution in [0.3, 0.4) is 0 Å². The zero-order valence-corrected chi connectivity index (χ0v) is 11.5. The van der Waals surface area contributed by atoms with Crippen LogP contribution < -0.4 is 11.1 Å². The first-order valence-electron chi connectivity index (χ1n) is 6.24. The van der Waals surface area contributed by atoms with Gasteiger partial charge in [-0.3, -0.25) is 4.79 Å². The topological polar surface area (TPSA) is 84.6 Å². The highest BCUT2D eigenvalue weighted by atomic mass is 16.5. The minimum absolute atomic E-state index is 0.105. The van der Waals surface area contributed by atoms with Gasteiger partial charge in [-0.05, 0) is 31.0 Å². The monoisotopic (exact) mass is 266 g/mol. The third-order valence-corrected chi connectivity index (χ3v) is 3.08. The second-order valence-electron chi connectivity index (χ2n) is 4.88. The van der Waals surface area contributed by atoms with E-state index in [4.69, 9.17) is 15.6 Å². The number of amides is 1. The number of aliphatic hydroxyl groups excluding tert-OH is 1. The van der Waals surface area contributed by atoms with Crippen LogP contribution in [-0.2, 0) is 11.3 Å². The van der Waals surface area contributed by atoms with E-state index in [1.807, 2.05) is 19.1 Å². The highest BCUT2D eigenvalue weighted by Gasteiger charge is 2.22. The van der Waals surface area contributed by atoms with Crippen molar-refractivity contribution in [1.29, 1.82) is 0 Å². The van der Waals surface area contributed by atoms with Crippen LogP contribution in [0.5, 0.6) is 0 Å². The molecule has 0 heterocycles. The first-order valence-corrected chi connectivity index (χ1v) is 6.24. The van der Waals surface area contributed by atoms with Crippen LogP contribution in [-0.4, -0.2) is 36.9 Å². The van der Waals surface area contributed by atoms with E-state index >= 15 is 0 Å². The Hall–Kier alpha value is -1.43. The van der Waals surface area contributed by atoms with Crippen molar-refractivity contribution in [3.05, 3.63) is 35.4 Å². The standard InChI is InChI=1S/C14H22N2O3/c1-14(7-8-17,10-19-2)16-9-11-3-5-12(6-4-11)13(15)18/h3-6,16-17H,7-10H2,1-2H3,(H2,15,18). The summed E-state index contributed by atoms with van der Waals surface area (Å²) in [4.78, 5) is 11.0. The second-order valence-corrected chi connectivity index (χ2v) is 4.88. The Morgan fingerprint density at radius 3 is 2.53 bits per heavy atom. The molecule has 106 valence electrons. The average molecular weight is 266 g/mol. The van der Waals surface area contributed by atoms with Gasteiger partial charge in [-0.1, -0.05) is 12.1 Å². The predicted molar refractivity (Wildman–Crippen MR) is 73.8 cm³/mol. The molecule has 0 aliphatic heterocycles. The fourth-order valence-electron chi connectivity index (χ4n) is 1.88. The third kappa shape index (κ3) is 4.98. The largest absolute Gasteiger partial charge is 0.396 e. The molecule has 0 saturated carbocycles. The van der Waals surface area contributed by atoms with Crippen molar-refractivity contribution in [2.75, 3.05) is 20.3 Å². The molecule has 0 aromatic heterocycles. The summed E-state index contributed by atoms with van der Waals surface area (Å²) < 4.78 is 5.16. The Balaban J connectivity index is 2.61. The summed E-state index contributed by atoms with van der Waals surface area (Å²) in [6.45, 7) is 3.27. The zero-order chi connectivity index (χ0) is 14.3. The van der Waals surface area contributed by atoms with Gasteiger partial charge in [0.05, 0.1) is 6.61 Å². The molecule has 0 bridgehead atoms. The molecule has 0 aliphatic rings. The average Bonchev–Trinajstić information content (AvgIpc) is 2.37. The van der Waals surface area contributed by atoms with Gasteiger partial charge in [0.25, 0.3) is 0 Å². The van der Waals surface area contributed by atoms with E-state index in [9.17, 15) is 4.79 Å². The summed E-state index contributed by atoms with van der Waals surface area (Å²) in [6, 6.07) is 7.14. The Morgan fingerprint density at radius 2 is 2.05 bits per heavy atom. The van der Waals surface area contributed by atoms with E-state index in [2.05, 4.69) is 5.32 Å². The fourth-order valence-corrected chi connectivity index (χ4v) is 1.88. The Morgan fingerprint density at radius 1 is 1.42 bits per heavy atom. The molecular formula is C14H22N2O3. The van der Waals surface area contributed by atoms with Crippen molar-refractivity contribution in [3.8, 4) is 0 Å². The van der Waals surface area contributed by atoms with E-state index in [-0.39, 0.29) is 12.1 Å². The minimum Gasteiger partial charge on any atom is -0.396 e. The highest BCUT2D eigenvalue weighted by Crippen LogP contribution is 2.12. The molecule has 1 amide bonds. The van der Waals surface area contributed by atoms with Gasteiger partial charge in [0, 0.05) is 31.4 Å². The van der Waals surface area contributed by atoms with E-state index in [1.54, 1.807) is 19.2 Å². The van der Waals surface area contributed by atoms with Crippen LogP contribution in [0, 0.1) is 0 Å². The summed E-state index contributed by atoms with van der Waals surface area (Å²) in [6.07, 6.45) is 0.611. The number of carbonyl (C=O) groups excluding carboxylic acids is 1. The van der Waals surface area contributed by atoms with Crippen LogP contribution in [0.4, 0.5) is 0 Å². The molecule has 1 atom stereocenters. The number of primary amides is 1. The molecule has 0 radical (unpaired) electrons. The number of hydrogen-bond donors (Lipinski definition) is 3. The van der Waals surface area contributed by atoms with Crippen molar-refractivity contribution in [2.24, 2.45) is 5.73 Å². The molecule has 1 aromatic rings. The van der Waals surface area contributed by atoms with Gasteiger partial charge in [0.1, 0.15) is 0 Å². The molecular weight excluding hydrogens is 244 g/mol. The lowest BCUT2D eigenvalue weighted by Gasteiger charge is -2.29. The molecule has 5 heteroatoms. The maximum absolute atomic E-state index is 11.0. The number of aliphatic hydroxyl groups is 1. The normalized spacial score (nSPS) is 14.1. The minimum atomic E-state index is -0.427. The molecule has 5 nitrogen and oxygen atoms in total. The maximum Gasteiger partial charge on any atom is 0.248 e. The van der Waals surface area contributed by atoms with Gasteiger partial charge in [0.15, 0.2) is 0 Å². The van der Waals surface area contributed by atoms with Crippen molar-refractivity contribution >= 4 is 5.91 Å². The van der Waals surface area contributed by atoms with Gasteiger partial charge >= 0.3 is 0 Å². The Labute approximate surface area is 113 Å². The number of methoxy groups -OCH3 is 1. The predicted octanol–water partition coefficient (Wildman–Crippen LogP) is 0.663. The van der Waals surface area contributed by atoms with Crippen LogP contribution in [0.1, 0.15) is 29.3 Å². The summed E-state index contributed by atoms with van der Waals surface area (Å²) in [5.74, 6) is -0.427. The van der Waals surface area contributed by atoms with Gasteiger partial charge in [-0.25, -0.2) is 0 Å². The van der Waals surface area contributed by atoms with Crippen molar-refractivity contribution in [1.82, 2.24) is 5.32 Å². The lowest BCUT2D eigenvalue weighted by Crippen LogP contribution is -2.46. The quantitative estimate of drug-likeness (QED) is 0.645. The lowest BCUT2D eigenvalue weighted by molar-refractivity contribution is 0.0969. The molecule has 1 unspecified atom stereocenters.